The second-order valence-electron chi connectivity index (χ2n) is 3.49. The second-order valence-corrected chi connectivity index (χ2v) is 3.49. The van der Waals surface area contributed by atoms with Gasteiger partial charge in [0.05, 0.1) is 5.69 Å². The molecule has 0 atom stereocenters. The quantitative estimate of drug-likeness (QED) is 0.760. The molecule has 0 spiro atoms. The van der Waals surface area contributed by atoms with Crippen LogP contribution in [0.25, 0.3) is 0 Å². The third-order valence-electron chi connectivity index (χ3n) is 1.94. The highest BCUT2D eigenvalue weighted by Crippen LogP contribution is 2.25. The van der Waals surface area contributed by atoms with Crippen molar-refractivity contribution in [2.24, 2.45) is 0 Å². The number of hydrogen-bond donors (Lipinski definition) is 0. The highest BCUT2D eigenvalue weighted by molar-refractivity contribution is 5.18. The van der Waals surface area contributed by atoms with Gasteiger partial charge < -0.3 is 4.52 Å². The van der Waals surface area contributed by atoms with Crippen molar-refractivity contribution in [3.8, 4) is 0 Å². The van der Waals surface area contributed by atoms with E-state index in [1.165, 1.54) is 6.26 Å². The van der Waals surface area contributed by atoms with E-state index in [-0.39, 0.29) is 12.3 Å². The lowest BCUT2D eigenvalue weighted by Gasteiger charge is -2.06. The van der Waals surface area contributed by atoms with Crippen molar-refractivity contribution in [3.63, 3.8) is 0 Å². The average Bonchev–Trinajstić information content (AvgIpc) is 2.46. The summed E-state index contributed by atoms with van der Waals surface area (Å²) in [5.41, 5.74) is 1.17. The van der Waals surface area contributed by atoms with Crippen LogP contribution in [0.2, 0.25) is 0 Å². The lowest BCUT2D eigenvalue weighted by Crippen LogP contribution is -2.09. The van der Waals surface area contributed by atoms with Gasteiger partial charge in [-0.3, -0.25) is 0 Å². The zero-order valence-corrected chi connectivity index (χ0v) is 8.06. The molecule has 5 heteroatoms. The predicted octanol–water partition coefficient (Wildman–Crippen LogP) is 3.29. The van der Waals surface area contributed by atoms with E-state index in [2.05, 4.69) is 9.68 Å². The molecule has 0 aromatic carbocycles. The molecule has 0 unspecified atom stereocenters. The van der Waals surface area contributed by atoms with Crippen LogP contribution in [0.1, 0.15) is 37.4 Å². The van der Waals surface area contributed by atoms with Crippen molar-refractivity contribution in [3.05, 3.63) is 17.5 Å². The van der Waals surface area contributed by atoms with E-state index in [1.54, 1.807) is 0 Å². The van der Waals surface area contributed by atoms with Gasteiger partial charge in [0.25, 0.3) is 0 Å². The lowest BCUT2D eigenvalue weighted by molar-refractivity contribution is -0.134. The fourth-order valence-corrected chi connectivity index (χ4v) is 1.19. The van der Waals surface area contributed by atoms with Crippen LogP contribution < -0.4 is 0 Å². The fraction of sp³-hybridized carbons (Fsp3) is 0.667. The van der Waals surface area contributed by atoms with Crippen molar-refractivity contribution < 1.29 is 17.7 Å². The minimum atomic E-state index is -4.13. The largest absolute Gasteiger partial charge is 0.389 e. The van der Waals surface area contributed by atoms with Gasteiger partial charge in [-0.1, -0.05) is 19.0 Å². The van der Waals surface area contributed by atoms with Gasteiger partial charge in [-0.15, -0.1) is 0 Å². The number of nitrogens with zero attached hydrogens (tertiary/aromatic N) is 1. The van der Waals surface area contributed by atoms with Gasteiger partial charge in [0, 0.05) is 18.4 Å². The van der Waals surface area contributed by atoms with Crippen LogP contribution in [0.5, 0.6) is 0 Å². The van der Waals surface area contributed by atoms with Crippen LogP contribution >= 0.6 is 0 Å². The third-order valence-corrected chi connectivity index (χ3v) is 1.94. The first-order valence-corrected chi connectivity index (χ1v) is 4.40. The summed E-state index contributed by atoms with van der Waals surface area (Å²) in [7, 11) is 0. The van der Waals surface area contributed by atoms with Crippen molar-refractivity contribution >= 4 is 0 Å². The summed E-state index contributed by atoms with van der Waals surface area (Å²) in [6, 6.07) is 0. The molecule has 0 fully saturated rings. The van der Waals surface area contributed by atoms with Crippen molar-refractivity contribution in [1.29, 1.82) is 0 Å². The maximum atomic E-state index is 11.9. The first-order chi connectivity index (χ1) is 6.40. The van der Waals surface area contributed by atoms with Gasteiger partial charge >= 0.3 is 6.18 Å². The third kappa shape index (κ3) is 3.05. The molecular weight excluding hydrogens is 195 g/mol. The Morgan fingerprint density at radius 1 is 1.43 bits per heavy atom. The minimum absolute atomic E-state index is 0.104. The normalized spacial score (nSPS) is 12.4. The van der Waals surface area contributed by atoms with Crippen LogP contribution in [0, 0.1) is 0 Å². The Balaban J connectivity index is 2.63. The first-order valence-electron chi connectivity index (χ1n) is 4.40. The van der Waals surface area contributed by atoms with E-state index in [0.29, 0.717) is 5.69 Å². The molecule has 0 aliphatic heterocycles. The van der Waals surface area contributed by atoms with E-state index in [4.69, 9.17) is 0 Å². The maximum absolute atomic E-state index is 11.9. The van der Waals surface area contributed by atoms with Crippen LogP contribution in [-0.2, 0) is 6.42 Å². The van der Waals surface area contributed by atoms with Crippen LogP contribution in [-0.4, -0.2) is 11.3 Å². The molecule has 1 aromatic heterocycles. The summed E-state index contributed by atoms with van der Waals surface area (Å²) in [6.07, 6.45) is -3.67. The first kappa shape index (κ1) is 11.1. The maximum Gasteiger partial charge on any atom is 0.389 e. The molecular formula is C9H12F3NO. The van der Waals surface area contributed by atoms with Gasteiger partial charge in [0.1, 0.15) is 6.26 Å². The molecule has 2 nitrogen and oxygen atoms in total. The van der Waals surface area contributed by atoms with E-state index in [9.17, 15) is 13.2 Å². The van der Waals surface area contributed by atoms with Crippen LogP contribution in [0.4, 0.5) is 13.2 Å². The number of rotatable bonds is 3. The predicted molar refractivity (Wildman–Crippen MR) is 45.0 cm³/mol. The average molecular weight is 207 g/mol. The van der Waals surface area contributed by atoms with Crippen LogP contribution in [0.15, 0.2) is 10.8 Å². The minimum Gasteiger partial charge on any atom is -0.364 e. The second kappa shape index (κ2) is 4.02. The SMILES string of the molecule is CC(C)c1conc1CCC(F)(F)F. The summed E-state index contributed by atoms with van der Waals surface area (Å²) in [4.78, 5) is 0. The Hall–Kier alpha value is -1.00. The molecule has 0 aliphatic rings. The molecule has 0 saturated carbocycles. The van der Waals surface area contributed by atoms with Crippen molar-refractivity contribution in [1.82, 2.24) is 5.16 Å². The molecule has 0 aliphatic carbocycles. The molecule has 1 aromatic rings. The smallest absolute Gasteiger partial charge is 0.364 e. The molecule has 0 bridgehead atoms. The Morgan fingerprint density at radius 2 is 2.07 bits per heavy atom. The van der Waals surface area contributed by atoms with Gasteiger partial charge in [0.15, 0.2) is 0 Å². The lowest BCUT2D eigenvalue weighted by atomic mass is 10.0. The van der Waals surface area contributed by atoms with Crippen molar-refractivity contribution in [2.75, 3.05) is 0 Å². The molecule has 0 radical (unpaired) electrons. The van der Waals surface area contributed by atoms with Gasteiger partial charge in [-0.05, 0) is 5.92 Å². The Morgan fingerprint density at radius 3 is 2.57 bits per heavy atom. The fourth-order valence-electron chi connectivity index (χ4n) is 1.19. The molecule has 1 heterocycles. The summed E-state index contributed by atoms with van der Waals surface area (Å²) in [5.74, 6) is 0.143. The molecule has 0 N–H and O–H groups in total. The van der Waals surface area contributed by atoms with Gasteiger partial charge in [0.2, 0.25) is 0 Å². The zero-order valence-electron chi connectivity index (χ0n) is 8.06. The highest BCUT2D eigenvalue weighted by Gasteiger charge is 2.28. The monoisotopic (exact) mass is 207 g/mol. The molecule has 1 rings (SSSR count). The molecule has 80 valence electrons. The highest BCUT2D eigenvalue weighted by atomic mass is 19.4. The van der Waals surface area contributed by atoms with Crippen LogP contribution in [0.3, 0.4) is 0 Å². The number of aryl methyl sites for hydroxylation is 1. The van der Waals surface area contributed by atoms with Gasteiger partial charge in [-0.2, -0.15) is 13.2 Å². The Bertz CT molecular complexity index is 290. The summed E-state index contributed by atoms with van der Waals surface area (Å²) in [5, 5.41) is 3.57. The van der Waals surface area contributed by atoms with E-state index < -0.39 is 12.6 Å². The summed E-state index contributed by atoms with van der Waals surface area (Å²) >= 11 is 0. The molecule has 0 amide bonds. The summed E-state index contributed by atoms with van der Waals surface area (Å²) in [6.45, 7) is 3.78. The van der Waals surface area contributed by atoms with Crippen molar-refractivity contribution in [2.45, 2.75) is 38.8 Å². The van der Waals surface area contributed by atoms with E-state index >= 15 is 0 Å². The number of hydrogen-bond acceptors (Lipinski definition) is 2. The number of halogens is 3. The topological polar surface area (TPSA) is 26.0 Å². The molecule has 14 heavy (non-hydrogen) atoms. The van der Waals surface area contributed by atoms with E-state index in [0.717, 1.165) is 5.56 Å². The Kier molecular flexibility index (Phi) is 3.18. The zero-order chi connectivity index (χ0) is 10.8. The summed E-state index contributed by atoms with van der Waals surface area (Å²) < 4.78 is 40.4. The number of aromatic nitrogens is 1. The standard InChI is InChI=1S/C9H12F3NO/c1-6(2)7-5-14-13-8(7)3-4-9(10,11)12/h5-6H,3-4H2,1-2H3. The van der Waals surface area contributed by atoms with Gasteiger partial charge in [-0.25, -0.2) is 0 Å². The van der Waals surface area contributed by atoms with E-state index in [1.807, 2.05) is 13.8 Å². The Labute approximate surface area is 80.1 Å². The molecule has 0 saturated heterocycles. The number of alkyl halides is 3.